The van der Waals surface area contributed by atoms with Gasteiger partial charge in [0.1, 0.15) is 5.82 Å². The zero-order valence-corrected chi connectivity index (χ0v) is 15.8. The molecule has 0 bridgehead atoms. The SMILES string of the molecule is CN(C)c1ncc(C=CC(=O)NCC2(c3ccc(F)cc3)CCCC2)cn1. The van der Waals surface area contributed by atoms with Crippen molar-refractivity contribution in [3.8, 4) is 0 Å². The van der Waals surface area contributed by atoms with Gasteiger partial charge < -0.3 is 10.2 Å². The maximum absolute atomic E-state index is 13.3. The summed E-state index contributed by atoms with van der Waals surface area (Å²) in [7, 11) is 3.75. The topological polar surface area (TPSA) is 58.1 Å². The highest BCUT2D eigenvalue weighted by atomic mass is 19.1. The summed E-state index contributed by atoms with van der Waals surface area (Å²) in [6.45, 7) is 0.553. The Labute approximate surface area is 159 Å². The molecular formula is C21H25FN4O. The van der Waals surface area contributed by atoms with E-state index in [4.69, 9.17) is 0 Å². The number of nitrogens with zero attached hydrogens (tertiary/aromatic N) is 3. The maximum Gasteiger partial charge on any atom is 0.244 e. The van der Waals surface area contributed by atoms with Gasteiger partial charge in [-0.05, 0) is 36.6 Å². The Balaban J connectivity index is 1.62. The van der Waals surface area contributed by atoms with Gasteiger partial charge in [0.25, 0.3) is 0 Å². The first-order chi connectivity index (χ1) is 13.0. The van der Waals surface area contributed by atoms with E-state index in [-0.39, 0.29) is 17.1 Å². The van der Waals surface area contributed by atoms with Gasteiger partial charge in [-0.2, -0.15) is 0 Å². The van der Waals surface area contributed by atoms with E-state index in [2.05, 4.69) is 15.3 Å². The Morgan fingerprint density at radius 2 is 1.81 bits per heavy atom. The summed E-state index contributed by atoms with van der Waals surface area (Å²) in [5, 5.41) is 3.01. The monoisotopic (exact) mass is 368 g/mol. The van der Waals surface area contributed by atoms with Crippen molar-refractivity contribution in [2.75, 3.05) is 25.5 Å². The lowest BCUT2D eigenvalue weighted by Gasteiger charge is -2.29. The molecule has 1 saturated carbocycles. The standard InChI is InChI=1S/C21H25FN4O/c1-26(2)20-23-13-16(14-24-20)5-10-19(27)25-15-21(11-3-4-12-21)17-6-8-18(22)9-7-17/h5-10,13-14H,3-4,11-12,15H2,1-2H3,(H,25,27). The Kier molecular flexibility index (Phi) is 5.84. The number of carbonyl (C=O) groups excluding carboxylic acids is 1. The highest BCUT2D eigenvalue weighted by molar-refractivity contribution is 5.91. The Hall–Kier alpha value is -2.76. The van der Waals surface area contributed by atoms with Crippen molar-refractivity contribution in [2.24, 2.45) is 0 Å². The molecule has 1 amide bonds. The van der Waals surface area contributed by atoms with Crippen LogP contribution in [0, 0.1) is 5.82 Å². The summed E-state index contributed by atoms with van der Waals surface area (Å²) in [4.78, 5) is 22.5. The van der Waals surface area contributed by atoms with Crippen molar-refractivity contribution >= 4 is 17.9 Å². The Morgan fingerprint density at radius 1 is 1.19 bits per heavy atom. The summed E-state index contributed by atoms with van der Waals surface area (Å²) in [5.74, 6) is 0.237. The van der Waals surface area contributed by atoms with Gasteiger partial charge in [-0.15, -0.1) is 0 Å². The normalized spacial score (nSPS) is 15.8. The Bertz CT molecular complexity index is 794. The molecule has 0 atom stereocenters. The van der Waals surface area contributed by atoms with E-state index < -0.39 is 0 Å². The van der Waals surface area contributed by atoms with Crippen LogP contribution in [-0.4, -0.2) is 36.5 Å². The first kappa shape index (κ1) is 19.0. The number of hydrogen-bond donors (Lipinski definition) is 1. The zero-order chi connectivity index (χ0) is 19.3. The number of hydrogen-bond acceptors (Lipinski definition) is 4. The molecule has 0 radical (unpaired) electrons. The third-order valence-electron chi connectivity index (χ3n) is 5.10. The van der Waals surface area contributed by atoms with Gasteiger partial charge in [-0.1, -0.05) is 25.0 Å². The molecule has 1 fully saturated rings. The third-order valence-corrected chi connectivity index (χ3v) is 5.10. The highest BCUT2D eigenvalue weighted by Crippen LogP contribution is 2.40. The molecule has 1 aromatic carbocycles. The number of halogens is 1. The van der Waals surface area contributed by atoms with Crippen LogP contribution in [0.5, 0.6) is 0 Å². The molecular weight excluding hydrogens is 343 g/mol. The lowest BCUT2D eigenvalue weighted by Crippen LogP contribution is -2.38. The average molecular weight is 368 g/mol. The third kappa shape index (κ3) is 4.70. The van der Waals surface area contributed by atoms with Gasteiger partial charge in [0.2, 0.25) is 11.9 Å². The number of rotatable bonds is 6. The zero-order valence-electron chi connectivity index (χ0n) is 15.8. The fourth-order valence-electron chi connectivity index (χ4n) is 3.56. The van der Waals surface area contributed by atoms with E-state index in [1.807, 2.05) is 31.1 Å². The van der Waals surface area contributed by atoms with Crippen LogP contribution >= 0.6 is 0 Å². The van der Waals surface area contributed by atoms with Crippen LogP contribution < -0.4 is 10.2 Å². The molecule has 1 heterocycles. The van der Waals surface area contributed by atoms with Gasteiger partial charge in [0.05, 0.1) is 0 Å². The van der Waals surface area contributed by atoms with Gasteiger partial charge in [-0.25, -0.2) is 14.4 Å². The van der Waals surface area contributed by atoms with Crippen molar-refractivity contribution in [1.29, 1.82) is 0 Å². The number of amides is 1. The molecule has 5 nitrogen and oxygen atoms in total. The van der Waals surface area contributed by atoms with Crippen LogP contribution in [0.15, 0.2) is 42.7 Å². The first-order valence-corrected chi connectivity index (χ1v) is 9.20. The lowest BCUT2D eigenvalue weighted by molar-refractivity contribution is -0.116. The van der Waals surface area contributed by atoms with E-state index >= 15 is 0 Å². The van der Waals surface area contributed by atoms with Crippen molar-refractivity contribution < 1.29 is 9.18 Å². The smallest absolute Gasteiger partial charge is 0.244 e. The highest BCUT2D eigenvalue weighted by Gasteiger charge is 2.35. The molecule has 1 aliphatic carbocycles. The molecule has 1 N–H and O–H groups in total. The number of carbonyl (C=O) groups is 1. The van der Waals surface area contributed by atoms with Crippen molar-refractivity contribution in [1.82, 2.24) is 15.3 Å². The largest absolute Gasteiger partial charge is 0.352 e. The summed E-state index contributed by atoms with van der Waals surface area (Å²) in [6.07, 6.45) is 10.8. The van der Waals surface area contributed by atoms with Gasteiger partial charge in [0, 0.05) is 50.1 Å². The predicted molar refractivity (Wildman–Crippen MR) is 105 cm³/mol. The molecule has 0 saturated heterocycles. The van der Waals surface area contributed by atoms with Gasteiger partial charge >= 0.3 is 0 Å². The van der Waals surface area contributed by atoms with E-state index in [1.165, 1.54) is 18.2 Å². The van der Waals surface area contributed by atoms with E-state index in [0.717, 1.165) is 36.8 Å². The molecule has 27 heavy (non-hydrogen) atoms. The molecule has 2 aromatic rings. The maximum atomic E-state index is 13.3. The van der Waals surface area contributed by atoms with Crippen LogP contribution in [0.4, 0.5) is 10.3 Å². The van der Waals surface area contributed by atoms with Crippen LogP contribution in [-0.2, 0) is 10.2 Å². The van der Waals surface area contributed by atoms with Gasteiger partial charge in [0.15, 0.2) is 0 Å². The molecule has 6 heteroatoms. The quantitative estimate of drug-likeness (QED) is 0.795. The van der Waals surface area contributed by atoms with Crippen molar-refractivity contribution in [3.63, 3.8) is 0 Å². The first-order valence-electron chi connectivity index (χ1n) is 9.20. The molecule has 1 aromatic heterocycles. The van der Waals surface area contributed by atoms with E-state index in [1.54, 1.807) is 18.5 Å². The molecule has 0 unspecified atom stereocenters. The minimum absolute atomic E-state index is 0.104. The second-order valence-corrected chi connectivity index (χ2v) is 7.26. The molecule has 0 spiro atoms. The van der Waals surface area contributed by atoms with Crippen LogP contribution in [0.3, 0.4) is 0 Å². The average Bonchev–Trinajstić information content (AvgIpc) is 3.16. The predicted octanol–water partition coefficient (Wildman–Crippen LogP) is 3.32. The lowest BCUT2D eigenvalue weighted by atomic mass is 9.79. The van der Waals surface area contributed by atoms with E-state index in [0.29, 0.717) is 12.5 Å². The second-order valence-electron chi connectivity index (χ2n) is 7.26. The van der Waals surface area contributed by atoms with Crippen LogP contribution in [0.2, 0.25) is 0 Å². The summed E-state index contributed by atoms with van der Waals surface area (Å²) in [5.41, 5.74) is 1.76. The van der Waals surface area contributed by atoms with Gasteiger partial charge in [-0.3, -0.25) is 4.79 Å². The van der Waals surface area contributed by atoms with E-state index in [9.17, 15) is 9.18 Å². The fraction of sp³-hybridized carbons (Fsp3) is 0.381. The number of aromatic nitrogens is 2. The molecule has 142 valence electrons. The summed E-state index contributed by atoms with van der Waals surface area (Å²) >= 11 is 0. The second kappa shape index (κ2) is 8.29. The minimum atomic E-state index is -0.235. The fourth-order valence-corrected chi connectivity index (χ4v) is 3.56. The summed E-state index contributed by atoms with van der Waals surface area (Å²) < 4.78 is 13.3. The summed E-state index contributed by atoms with van der Waals surface area (Å²) in [6, 6.07) is 6.67. The van der Waals surface area contributed by atoms with Crippen LogP contribution in [0.25, 0.3) is 6.08 Å². The van der Waals surface area contributed by atoms with Crippen LogP contribution in [0.1, 0.15) is 36.8 Å². The number of anilines is 1. The molecule has 0 aliphatic heterocycles. The number of nitrogens with one attached hydrogen (secondary N) is 1. The number of benzene rings is 1. The molecule has 3 rings (SSSR count). The van der Waals surface area contributed by atoms with Crippen molar-refractivity contribution in [2.45, 2.75) is 31.1 Å². The van der Waals surface area contributed by atoms with Crippen molar-refractivity contribution in [3.05, 3.63) is 59.7 Å². The Morgan fingerprint density at radius 3 is 2.41 bits per heavy atom. The molecule has 1 aliphatic rings. The minimum Gasteiger partial charge on any atom is -0.352 e.